The maximum atomic E-state index is 9.67. The largest absolute Gasteiger partial charge is 0.822 e. The van der Waals surface area contributed by atoms with Crippen molar-refractivity contribution in [3.63, 3.8) is 0 Å². The van der Waals surface area contributed by atoms with Crippen LogP contribution in [0.1, 0.15) is 11.7 Å². The minimum atomic E-state index is -5.39. The minimum Gasteiger partial charge on any atom is -0.822 e. The zero-order valence-corrected chi connectivity index (χ0v) is 11.3. The summed E-state index contributed by atoms with van der Waals surface area (Å²) >= 11 is 0. The third-order valence-corrected chi connectivity index (χ3v) is 1.92. The zero-order chi connectivity index (χ0) is 15.2. The molecule has 3 N–H and O–H groups in total. The van der Waals surface area contributed by atoms with Gasteiger partial charge in [-0.05, 0) is 31.8 Å². The summed E-state index contributed by atoms with van der Waals surface area (Å²) in [6.45, 7) is 0.476. The van der Waals surface area contributed by atoms with E-state index in [-0.39, 0.29) is 11.5 Å². The first-order valence-corrected chi connectivity index (χ1v) is 6.54. The van der Waals surface area contributed by atoms with E-state index < -0.39 is 13.9 Å². The smallest absolute Gasteiger partial charge is 0.157 e. The van der Waals surface area contributed by atoms with Crippen LogP contribution in [-0.2, 0) is 4.57 Å². The highest BCUT2D eigenvalue weighted by Gasteiger charge is 2.10. The van der Waals surface area contributed by atoms with Crippen molar-refractivity contribution < 1.29 is 34.6 Å². The third-order valence-electron chi connectivity index (χ3n) is 1.92. The Morgan fingerprint density at radius 2 is 1.68 bits per heavy atom. The Bertz CT molecular complexity index is 437. The Morgan fingerprint density at radius 1 is 1.21 bits per heavy atom. The van der Waals surface area contributed by atoms with Gasteiger partial charge in [-0.25, -0.2) is 0 Å². The number of phenolic OH excluding ortho intramolecular Hbond substituents is 2. The molecule has 0 aliphatic heterocycles. The van der Waals surface area contributed by atoms with Crippen LogP contribution in [-0.4, -0.2) is 40.9 Å². The fourth-order valence-electron chi connectivity index (χ4n) is 1.20. The van der Waals surface area contributed by atoms with Crippen LogP contribution < -0.4 is 14.7 Å². The maximum absolute atomic E-state index is 9.67. The number of phenols is 2. The molecule has 8 nitrogen and oxygen atoms in total. The number of hydrogen-bond donors (Lipinski definition) is 3. The quantitative estimate of drug-likeness (QED) is 0.422. The van der Waals surface area contributed by atoms with Crippen molar-refractivity contribution in [3.05, 3.63) is 23.8 Å². The van der Waals surface area contributed by atoms with Gasteiger partial charge in [0.2, 0.25) is 0 Å². The highest BCUT2D eigenvalue weighted by Crippen LogP contribution is 2.27. The molecule has 0 amide bonds. The summed E-state index contributed by atoms with van der Waals surface area (Å²) in [6, 6.07) is 4.32. The minimum absolute atomic E-state index is 0.175. The second-order valence-corrected chi connectivity index (χ2v) is 4.87. The van der Waals surface area contributed by atoms with Gasteiger partial charge in [-0.1, -0.05) is 6.07 Å². The average Bonchev–Trinajstić information content (AvgIpc) is 2.18. The first-order valence-electron chi connectivity index (χ1n) is 5.08. The van der Waals surface area contributed by atoms with Crippen molar-refractivity contribution in [3.8, 4) is 11.5 Å². The number of benzene rings is 1. The summed E-state index contributed by atoms with van der Waals surface area (Å²) in [5, 5.41) is 27.9. The molecule has 19 heavy (non-hydrogen) atoms. The molecule has 0 aromatic heterocycles. The van der Waals surface area contributed by atoms with E-state index in [1.165, 1.54) is 12.1 Å². The van der Waals surface area contributed by atoms with E-state index in [9.17, 15) is 10.2 Å². The lowest BCUT2D eigenvalue weighted by Gasteiger charge is -2.36. The van der Waals surface area contributed by atoms with E-state index in [0.29, 0.717) is 12.1 Å². The topological polar surface area (TPSA) is 150 Å². The Balaban J connectivity index is 0.000000555. The molecule has 0 aliphatic carbocycles. The maximum Gasteiger partial charge on any atom is 0.157 e. The number of likely N-dealkylation sites (N-methyl/N-ethyl adjacent to an activating group) is 1. The molecule has 1 aromatic rings. The average molecular weight is 292 g/mol. The van der Waals surface area contributed by atoms with Crippen molar-refractivity contribution >= 4 is 7.82 Å². The normalized spacial score (nSPS) is 12.8. The summed E-state index contributed by atoms with van der Waals surface area (Å²) in [5.74, 6) is -0.383. The number of rotatable bonds is 3. The number of aliphatic hydroxyl groups excluding tert-OH is 1. The van der Waals surface area contributed by atoms with Crippen LogP contribution >= 0.6 is 7.82 Å². The van der Waals surface area contributed by atoms with Gasteiger partial charge in [-0.3, -0.25) is 0 Å². The summed E-state index contributed by atoms with van der Waals surface area (Å²) in [4.78, 5) is 27.5. The molecular formula is C10H15NO7P-3. The molecule has 1 atom stereocenters. The summed E-state index contributed by atoms with van der Waals surface area (Å²) < 4.78 is 8.55. The lowest BCUT2D eigenvalue weighted by Crippen LogP contribution is -2.24. The van der Waals surface area contributed by atoms with Gasteiger partial charge in [-0.15, -0.1) is 0 Å². The molecule has 0 aliphatic rings. The van der Waals surface area contributed by atoms with Crippen LogP contribution in [0.25, 0.3) is 0 Å². The van der Waals surface area contributed by atoms with E-state index in [4.69, 9.17) is 24.4 Å². The molecule has 0 radical (unpaired) electrons. The Hall–Kier alpha value is -1.15. The number of phosphoric acid groups is 1. The van der Waals surface area contributed by atoms with E-state index in [0.717, 1.165) is 0 Å². The van der Waals surface area contributed by atoms with Gasteiger partial charge in [0.25, 0.3) is 0 Å². The Labute approximate surface area is 110 Å². The van der Waals surface area contributed by atoms with Gasteiger partial charge in [0.15, 0.2) is 11.5 Å². The third kappa shape index (κ3) is 9.43. The zero-order valence-electron chi connectivity index (χ0n) is 10.4. The van der Waals surface area contributed by atoms with Gasteiger partial charge >= 0.3 is 0 Å². The summed E-state index contributed by atoms with van der Waals surface area (Å²) in [5.41, 5.74) is 0.592. The van der Waals surface area contributed by atoms with E-state index >= 15 is 0 Å². The Kier molecular flexibility index (Phi) is 6.99. The molecule has 110 valence electrons. The molecule has 0 fully saturated rings. The second-order valence-electron chi connectivity index (χ2n) is 3.97. The van der Waals surface area contributed by atoms with Crippen LogP contribution in [0, 0.1) is 0 Å². The van der Waals surface area contributed by atoms with Crippen molar-refractivity contribution in [2.45, 2.75) is 6.10 Å². The summed E-state index contributed by atoms with van der Waals surface area (Å²) in [7, 11) is -1.69. The van der Waals surface area contributed by atoms with Gasteiger partial charge < -0.3 is 39.5 Å². The van der Waals surface area contributed by atoms with Crippen LogP contribution in [0.4, 0.5) is 0 Å². The molecule has 0 saturated heterocycles. The first-order chi connectivity index (χ1) is 8.50. The molecule has 1 rings (SSSR count). The number of hydrogen-bond acceptors (Lipinski definition) is 8. The molecule has 0 unspecified atom stereocenters. The molecule has 0 spiro atoms. The van der Waals surface area contributed by atoms with E-state index in [2.05, 4.69) is 0 Å². The fourth-order valence-corrected chi connectivity index (χ4v) is 1.20. The molecule has 9 heteroatoms. The standard InChI is InChI=1S/C10H15NO3.H3O4P/c1-11(2)6-10(14)7-3-4-8(12)9(13)5-7;1-5(2,3)4/h3-5,10,12-14H,6H2,1-2H3;(H3,1,2,3,4)/p-3/t10-;/m0./s1. The van der Waals surface area contributed by atoms with Gasteiger partial charge in [-0.2, -0.15) is 7.82 Å². The second kappa shape index (κ2) is 7.44. The number of aliphatic hydroxyl groups is 1. The highest BCUT2D eigenvalue weighted by atomic mass is 31.2. The fraction of sp³-hybridized carbons (Fsp3) is 0.400. The molecule has 1 aromatic carbocycles. The van der Waals surface area contributed by atoms with Crippen molar-refractivity contribution in [2.24, 2.45) is 0 Å². The van der Waals surface area contributed by atoms with Gasteiger partial charge in [0.05, 0.1) is 6.10 Å². The predicted octanol–water partition coefficient (Wildman–Crippen LogP) is -2.13. The highest BCUT2D eigenvalue weighted by molar-refractivity contribution is 7.40. The Morgan fingerprint density at radius 3 is 2.05 bits per heavy atom. The lowest BCUT2D eigenvalue weighted by atomic mass is 10.1. The predicted molar refractivity (Wildman–Crippen MR) is 60.9 cm³/mol. The van der Waals surface area contributed by atoms with Crippen molar-refractivity contribution in [2.75, 3.05) is 20.6 Å². The van der Waals surface area contributed by atoms with Crippen LogP contribution in [0.5, 0.6) is 11.5 Å². The molecule has 0 bridgehead atoms. The number of nitrogens with zero attached hydrogens (tertiary/aromatic N) is 1. The molecule has 0 heterocycles. The number of aromatic hydroxyl groups is 2. The lowest BCUT2D eigenvalue weighted by molar-refractivity contribution is -0.432. The molecular weight excluding hydrogens is 277 g/mol. The summed E-state index contributed by atoms with van der Waals surface area (Å²) in [6.07, 6.45) is -0.656. The van der Waals surface area contributed by atoms with Crippen LogP contribution in [0.2, 0.25) is 0 Å². The first kappa shape index (κ1) is 17.8. The van der Waals surface area contributed by atoms with Crippen LogP contribution in [0.3, 0.4) is 0 Å². The van der Waals surface area contributed by atoms with Gasteiger partial charge in [0.1, 0.15) is 0 Å². The SMILES string of the molecule is CN(C)C[C@H](O)c1ccc(O)c(O)c1.O=P([O-])([O-])[O-]. The molecule has 0 saturated carbocycles. The van der Waals surface area contributed by atoms with E-state index in [1.54, 1.807) is 6.07 Å². The van der Waals surface area contributed by atoms with E-state index in [1.807, 2.05) is 19.0 Å². The van der Waals surface area contributed by atoms with Crippen molar-refractivity contribution in [1.82, 2.24) is 4.90 Å². The van der Waals surface area contributed by atoms with Gasteiger partial charge in [0, 0.05) is 6.54 Å². The van der Waals surface area contributed by atoms with Crippen molar-refractivity contribution in [1.29, 1.82) is 0 Å². The monoisotopic (exact) mass is 292 g/mol. The van der Waals surface area contributed by atoms with Crippen LogP contribution in [0.15, 0.2) is 18.2 Å².